The lowest BCUT2D eigenvalue weighted by Crippen LogP contribution is -2.33. The molecule has 0 saturated heterocycles. The van der Waals surface area contributed by atoms with Crippen LogP contribution in [0.4, 0.5) is 5.69 Å². The van der Waals surface area contributed by atoms with Crippen molar-refractivity contribution < 1.29 is 9.72 Å². The first-order valence-electron chi connectivity index (χ1n) is 6.01. The van der Waals surface area contributed by atoms with Gasteiger partial charge in [0, 0.05) is 17.7 Å². The molecule has 0 aliphatic rings. The summed E-state index contributed by atoms with van der Waals surface area (Å²) in [4.78, 5) is 22.2. The van der Waals surface area contributed by atoms with Crippen LogP contribution in [0.1, 0.15) is 35.7 Å². The third kappa shape index (κ3) is 4.11. The number of nitro benzene ring substituents is 1. The van der Waals surface area contributed by atoms with Crippen LogP contribution in [-0.4, -0.2) is 16.9 Å². The highest BCUT2D eigenvalue weighted by molar-refractivity contribution is 5.95. The Hall–Kier alpha value is -2.35. The number of aryl methyl sites for hydroxylation is 1. The maximum Gasteiger partial charge on any atom is 0.270 e. The minimum atomic E-state index is -0.519. The molecule has 0 heterocycles. The van der Waals surface area contributed by atoms with E-state index in [-0.39, 0.29) is 23.2 Å². The largest absolute Gasteiger partial charge is 0.338 e. The number of benzene rings is 1. The molecule has 5 heteroatoms. The molecule has 1 amide bonds. The zero-order valence-electron chi connectivity index (χ0n) is 11.0. The summed E-state index contributed by atoms with van der Waals surface area (Å²) < 4.78 is 0. The number of nitrogens with one attached hydrogen (secondary N) is 1. The molecule has 0 aliphatic carbocycles. The van der Waals surface area contributed by atoms with Crippen LogP contribution in [-0.2, 0) is 0 Å². The summed E-state index contributed by atoms with van der Waals surface area (Å²) in [6, 6.07) is 3.92. The number of amides is 1. The van der Waals surface area contributed by atoms with Crippen molar-refractivity contribution in [1.82, 2.24) is 5.32 Å². The highest BCUT2D eigenvalue weighted by Gasteiger charge is 2.15. The van der Waals surface area contributed by atoms with Gasteiger partial charge < -0.3 is 5.32 Å². The number of nitro groups is 1. The Morgan fingerprint density at radius 3 is 2.74 bits per heavy atom. The van der Waals surface area contributed by atoms with Crippen molar-refractivity contribution in [1.29, 1.82) is 0 Å². The van der Waals surface area contributed by atoms with Crippen LogP contribution in [0.15, 0.2) is 18.2 Å². The molecule has 0 bridgehead atoms. The summed E-state index contributed by atoms with van der Waals surface area (Å²) in [6.45, 7) is 3.67. The maximum absolute atomic E-state index is 12.0. The minimum Gasteiger partial charge on any atom is -0.338 e. The molecular weight excluding hydrogens is 244 g/mol. The van der Waals surface area contributed by atoms with Crippen molar-refractivity contribution in [3.05, 3.63) is 39.4 Å². The lowest BCUT2D eigenvalue weighted by atomic mass is 10.1. The van der Waals surface area contributed by atoms with E-state index in [4.69, 9.17) is 6.42 Å². The zero-order valence-corrected chi connectivity index (χ0v) is 11.0. The predicted octanol–water partition coefficient (Wildman–Crippen LogP) is 2.43. The molecule has 1 aromatic rings. The number of hydrogen-bond donors (Lipinski definition) is 1. The molecule has 0 aromatic heterocycles. The highest BCUT2D eigenvalue weighted by atomic mass is 16.6. The summed E-state index contributed by atoms with van der Waals surface area (Å²) in [5.41, 5.74) is 0.813. The average Bonchev–Trinajstić information content (AvgIpc) is 2.37. The van der Waals surface area contributed by atoms with Gasteiger partial charge in [-0.05, 0) is 25.0 Å². The summed E-state index contributed by atoms with van der Waals surface area (Å²) in [7, 11) is 0. The van der Waals surface area contributed by atoms with E-state index in [0.29, 0.717) is 12.0 Å². The summed E-state index contributed by atoms with van der Waals surface area (Å²) in [6.07, 6.45) is 6.85. The van der Waals surface area contributed by atoms with Gasteiger partial charge in [-0.1, -0.05) is 19.3 Å². The van der Waals surface area contributed by atoms with E-state index in [1.54, 1.807) is 13.0 Å². The van der Waals surface area contributed by atoms with Gasteiger partial charge in [0.25, 0.3) is 11.6 Å². The van der Waals surface area contributed by atoms with Crippen molar-refractivity contribution in [3.8, 4) is 12.3 Å². The van der Waals surface area contributed by atoms with Gasteiger partial charge in [0.05, 0.1) is 11.0 Å². The van der Waals surface area contributed by atoms with Gasteiger partial charge in [-0.15, -0.1) is 6.42 Å². The first kappa shape index (κ1) is 14.7. The summed E-state index contributed by atoms with van der Waals surface area (Å²) >= 11 is 0. The third-order valence-electron chi connectivity index (χ3n) is 2.62. The maximum atomic E-state index is 12.0. The molecule has 0 aliphatic heterocycles. The second-order valence-electron chi connectivity index (χ2n) is 4.30. The molecule has 0 saturated carbocycles. The van der Waals surface area contributed by atoms with Gasteiger partial charge in [-0.25, -0.2) is 0 Å². The number of terminal acetylenes is 1. The SMILES string of the molecule is C#CC(CCC)NC(=O)c1cc(C)cc([N+](=O)[O-])c1. The summed E-state index contributed by atoms with van der Waals surface area (Å²) in [5.74, 6) is 2.10. The molecule has 19 heavy (non-hydrogen) atoms. The molecule has 5 nitrogen and oxygen atoms in total. The van der Waals surface area contributed by atoms with E-state index in [2.05, 4.69) is 11.2 Å². The third-order valence-corrected chi connectivity index (χ3v) is 2.62. The van der Waals surface area contributed by atoms with Crippen molar-refractivity contribution in [3.63, 3.8) is 0 Å². The van der Waals surface area contributed by atoms with E-state index >= 15 is 0 Å². The van der Waals surface area contributed by atoms with Crippen LogP contribution in [0.3, 0.4) is 0 Å². The number of rotatable bonds is 5. The van der Waals surface area contributed by atoms with E-state index in [0.717, 1.165) is 6.42 Å². The van der Waals surface area contributed by atoms with Gasteiger partial charge in [-0.3, -0.25) is 14.9 Å². The Balaban J connectivity index is 2.94. The van der Waals surface area contributed by atoms with E-state index in [1.165, 1.54) is 12.1 Å². The van der Waals surface area contributed by atoms with E-state index in [9.17, 15) is 14.9 Å². The lowest BCUT2D eigenvalue weighted by molar-refractivity contribution is -0.384. The van der Waals surface area contributed by atoms with E-state index in [1.807, 2.05) is 6.92 Å². The smallest absolute Gasteiger partial charge is 0.270 e. The highest BCUT2D eigenvalue weighted by Crippen LogP contribution is 2.16. The Morgan fingerprint density at radius 1 is 1.53 bits per heavy atom. The first-order valence-corrected chi connectivity index (χ1v) is 6.01. The molecular formula is C14H16N2O3. The molecule has 1 atom stereocenters. The van der Waals surface area contributed by atoms with Gasteiger partial charge in [0.2, 0.25) is 0 Å². The fourth-order valence-electron chi connectivity index (χ4n) is 1.73. The molecule has 1 aromatic carbocycles. The molecule has 100 valence electrons. The van der Waals surface area contributed by atoms with Crippen LogP contribution in [0.5, 0.6) is 0 Å². The van der Waals surface area contributed by atoms with Crippen molar-refractivity contribution in [2.45, 2.75) is 32.7 Å². The van der Waals surface area contributed by atoms with Crippen LogP contribution >= 0.6 is 0 Å². The Bertz CT molecular complexity index is 532. The average molecular weight is 260 g/mol. The molecule has 1 unspecified atom stereocenters. The molecule has 1 N–H and O–H groups in total. The molecule has 0 radical (unpaired) electrons. The Morgan fingerprint density at radius 2 is 2.21 bits per heavy atom. The quantitative estimate of drug-likeness (QED) is 0.502. The standard InChI is InChI=1S/C14H16N2O3/c1-4-6-12(5-2)15-14(17)11-7-10(3)8-13(9-11)16(18)19/h2,7-9,12H,4,6H2,1,3H3,(H,15,17). The van der Waals surface area contributed by atoms with Crippen molar-refractivity contribution in [2.75, 3.05) is 0 Å². The lowest BCUT2D eigenvalue weighted by Gasteiger charge is -2.12. The number of carbonyl (C=O) groups excluding carboxylic acids is 1. The summed E-state index contributed by atoms with van der Waals surface area (Å²) in [5, 5.41) is 13.4. The second-order valence-corrected chi connectivity index (χ2v) is 4.30. The van der Waals surface area contributed by atoms with Crippen LogP contribution in [0, 0.1) is 29.4 Å². The fraction of sp³-hybridized carbons (Fsp3) is 0.357. The van der Waals surface area contributed by atoms with Crippen LogP contribution < -0.4 is 5.32 Å². The normalized spacial score (nSPS) is 11.4. The number of carbonyl (C=O) groups is 1. The predicted molar refractivity (Wildman–Crippen MR) is 72.8 cm³/mol. The topological polar surface area (TPSA) is 72.2 Å². The van der Waals surface area contributed by atoms with Crippen molar-refractivity contribution >= 4 is 11.6 Å². The van der Waals surface area contributed by atoms with Gasteiger partial charge in [-0.2, -0.15) is 0 Å². The minimum absolute atomic E-state index is 0.0992. The number of hydrogen-bond acceptors (Lipinski definition) is 3. The van der Waals surface area contributed by atoms with Crippen molar-refractivity contribution in [2.24, 2.45) is 0 Å². The fourth-order valence-corrected chi connectivity index (χ4v) is 1.73. The van der Waals surface area contributed by atoms with Crippen LogP contribution in [0.25, 0.3) is 0 Å². The number of nitrogens with zero attached hydrogens (tertiary/aromatic N) is 1. The Labute approximate surface area is 112 Å². The number of non-ortho nitro benzene ring substituents is 1. The van der Waals surface area contributed by atoms with Crippen LogP contribution in [0.2, 0.25) is 0 Å². The van der Waals surface area contributed by atoms with Gasteiger partial charge >= 0.3 is 0 Å². The zero-order chi connectivity index (χ0) is 14.4. The first-order chi connectivity index (χ1) is 8.97. The van der Waals surface area contributed by atoms with E-state index < -0.39 is 4.92 Å². The molecule has 0 spiro atoms. The second kappa shape index (κ2) is 6.55. The molecule has 0 fully saturated rings. The Kier molecular flexibility index (Phi) is 5.07. The van der Waals surface area contributed by atoms with Gasteiger partial charge in [0.1, 0.15) is 0 Å². The monoisotopic (exact) mass is 260 g/mol. The molecule has 1 rings (SSSR count). The van der Waals surface area contributed by atoms with Gasteiger partial charge in [0.15, 0.2) is 0 Å².